The Balaban J connectivity index is 0.000000298. The number of likely N-dealkylation sites (tertiary alicyclic amines) is 1. The van der Waals surface area contributed by atoms with E-state index in [9.17, 15) is 22.8 Å². The predicted molar refractivity (Wildman–Crippen MR) is 79.5 cm³/mol. The maximum atomic E-state index is 12.3. The molecule has 1 aromatic heterocycles. The lowest BCUT2D eigenvalue weighted by Gasteiger charge is -2.40. The highest BCUT2D eigenvalue weighted by Gasteiger charge is 2.43. The van der Waals surface area contributed by atoms with Gasteiger partial charge in [0.15, 0.2) is 5.76 Å². The Bertz CT molecular complexity index is 647. The number of furan rings is 1. The maximum absolute atomic E-state index is 12.3. The summed E-state index contributed by atoms with van der Waals surface area (Å²) in [7, 11) is 0. The van der Waals surface area contributed by atoms with E-state index in [1.807, 2.05) is 9.80 Å². The predicted octanol–water partition coefficient (Wildman–Crippen LogP) is 1.29. The van der Waals surface area contributed by atoms with Crippen LogP contribution in [0.4, 0.5) is 13.2 Å². The fraction of sp³-hybridized carbons (Fsp3) is 0.533. The van der Waals surface area contributed by atoms with Crippen molar-refractivity contribution >= 4 is 17.8 Å². The van der Waals surface area contributed by atoms with Gasteiger partial charge in [-0.3, -0.25) is 14.5 Å². The molecule has 2 saturated heterocycles. The molecule has 2 unspecified atom stereocenters. The van der Waals surface area contributed by atoms with Crippen LogP contribution in [0.25, 0.3) is 0 Å². The third-order valence-corrected chi connectivity index (χ3v) is 4.13. The van der Waals surface area contributed by atoms with Crippen molar-refractivity contribution in [3.8, 4) is 0 Å². The number of carboxylic acids is 2. The molecule has 8 nitrogen and oxygen atoms in total. The van der Waals surface area contributed by atoms with Gasteiger partial charge in [0.2, 0.25) is 0 Å². The van der Waals surface area contributed by atoms with Crippen molar-refractivity contribution in [3.05, 3.63) is 24.2 Å². The van der Waals surface area contributed by atoms with E-state index in [-0.39, 0.29) is 24.5 Å². The average Bonchev–Trinajstić information content (AvgIpc) is 3.13. The zero-order valence-electron chi connectivity index (χ0n) is 13.5. The van der Waals surface area contributed by atoms with Crippen LogP contribution in [-0.4, -0.2) is 75.8 Å². The first-order valence-corrected chi connectivity index (χ1v) is 7.70. The van der Waals surface area contributed by atoms with Crippen molar-refractivity contribution in [1.29, 1.82) is 0 Å². The summed E-state index contributed by atoms with van der Waals surface area (Å²) >= 11 is 0. The number of hydrogen-bond donors (Lipinski definition) is 2. The molecule has 2 aliphatic heterocycles. The first kappa shape index (κ1) is 19.8. The van der Waals surface area contributed by atoms with Crippen molar-refractivity contribution in [2.75, 3.05) is 19.6 Å². The number of carbonyl (C=O) groups excluding carboxylic acids is 1. The molecule has 0 saturated carbocycles. The Morgan fingerprint density at radius 3 is 2.08 bits per heavy atom. The number of aliphatic carboxylic acids is 2. The number of carbonyl (C=O) groups is 3. The molecule has 3 heterocycles. The van der Waals surface area contributed by atoms with Crippen LogP contribution in [0, 0.1) is 0 Å². The molecule has 2 fully saturated rings. The number of rotatable bonds is 3. The zero-order valence-corrected chi connectivity index (χ0v) is 13.5. The SMILES string of the molecule is O=C(O)C(F)(F)F.O=C(O)CN1CC2CCC(C1)N2C(=O)c1ccco1. The number of carboxylic acid groups (broad SMARTS) is 2. The molecule has 0 spiro atoms. The molecule has 26 heavy (non-hydrogen) atoms. The number of fused-ring (bicyclic) bond motifs is 2. The monoisotopic (exact) mass is 378 g/mol. The van der Waals surface area contributed by atoms with Crippen molar-refractivity contribution in [2.24, 2.45) is 0 Å². The molecule has 0 aliphatic carbocycles. The Morgan fingerprint density at radius 1 is 1.15 bits per heavy atom. The van der Waals surface area contributed by atoms with E-state index in [0.29, 0.717) is 18.8 Å². The van der Waals surface area contributed by atoms with Crippen molar-refractivity contribution in [3.63, 3.8) is 0 Å². The molecule has 1 amide bonds. The molecular weight excluding hydrogens is 361 g/mol. The van der Waals surface area contributed by atoms with Gasteiger partial charge in [-0.2, -0.15) is 13.2 Å². The lowest BCUT2D eigenvalue weighted by atomic mass is 10.1. The quantitative estimate of drug-likeness (QED) is 0.815. The molecular formula is C15H17F3N2O6. The van der Waals surface area contributed by atoms with Crippen LogP contribution in [0.3, 0.4) is 0 Å². The van der Waals surface area contributed by atoms with Gasteiger partial charge in [-0.15, -0.1) is 0 Å². The Morgan fingerprint density at radius 2 is 1.69 bits per heavy atom. The van der Waals surface area contributed by atoms with E-state index in [4.69, 9.17) is 19.4 Å². The van der Waals surface area contributed by atoms with Crippen molar-refractivity contribution in [1.82, 2.24) is 9.80 Å². The molecule has 11 heteroatoms. The Labute approximate surface area is 145 Å². The third kappa shape index (κ3) is 4.75. The highest BCUT2D eigenvalue weighted by Crippen LogP contribution is 2.31. The van der Waals surface area contributed by atoms with Crippen LogP contribution in [0.5, 0.6) is 0 Å². The lowest BCUT2D eigenvalue weighted by molar-refractivity contribution is -0.192. The van der Waals surface area contributed by atoms with E-state index >= 15 is 0 Å². The molecule has 2 N–H and O–H groups in total. The lowest BCUT2D eigenvalue weighted by Crippen LogP contribution is -2.56. The minimum absolute atomic E-state index is 0.0514. The van der Waals surface area contributed by atoms with Crippen LogP contribution < -0.4 is 0 Å². The smallest absolute Gasteiger partial charge is 0.480 e. The normalized spacial score (nSPS) is 22.5. The molecule has 2 aliphatic rings. The summed E-state index contributed by atoms with van der Waals surface area (Å²) < 4.78 is 36.9. The topological polar surface area (TPSA) is 111 Å². The summed E-state index contributed by atoms with van der Waals surface area (Å²) in [4.78, 5) is 35.8. The molecule has 2 bridgehead atoms. The van der Waals surface area contributed by atoms with E-state index < -0.39 is 18.1 Å². The fourth-order valence-corrected chi connectivity index (χ4v) is 3.17. The van der Waals surface area contributed by atoms with Crippen LogP contribution in [-0.2, 0) is 9.59 Å². The van der Waals surface area contributed by atoms with Gasteiger partial charge in [-0.25, -0.2) is 4.79 Å². The molecule has 0 radical (unpaired) electrons. The minimum Gasteiger partial charge on any atom is -0.480 e. The number of piperazine rings is 1. The Hall–Kier alpha value is -2.56. The van der Waals surface area contributed by atoms with Gasteiger partial charge in [0.1, 0.15) is 0 Å². The number of halogens is 3. The highest BCUT2D eigenvalue weighted by atomic mass is 19.4. The number of amides is 1. The van der Waals surface area contributed by atoms with Gasteiger partial charge in [-0.1, -0.05) is 0 Å². The van der Waals surface area contributed by atoms with E-state index in [1.54, 1.807) is 12.1 Å². The molecule has 144 valence electrons. The summed E-state index contributed by atoms with van der Waals surface area (Å²) in [6.07, 6.45) is -1.71. The third-order valence-electron chi connectivity index (χ3n) is 4.13. The minimum atomic E-state index is -5.08. The number of hydrogen-bond acceptors (Lipinski definition) is 5. The number of nitrogens with zero attached hydrogens (tertiary/aromatic N) is 2. The molecule has 1 aromatic rings. The van der Waals surface area contributed by atoms with Gasteiger partial charge in [0.25, 0.3) is 5.91 Å². The second kappa shape index (κ2) is 7.77. The summed E-state index contributed by atoms with van der Waals surface area (Å²) in [5.41, 5.74) is 0. The van der Waals surface area contributed by atoms with Gasteiger partial charge < -0.3 is 19.5 Å². The summed E-state index contributed by atoms with van der Waals surface area (Å²) in [5, 5.41) is 16.0. The van der Waals surface area contributed by atoms with Crippen LogP contribution in [0.1, 0.15) is 23.4 Å². The molecule has 0 aromatic carbocycles. The molecule has 3 rings (SSSR count). The number of alkyl halides is 3. The summed E-state index contributed by atoms with van der Waals surface area (Å²) in [5.74, 6) is -3.28. The summed E-state index contributed by atoms with van der Waals surface area (Å²) in [6, 6.07) is 3.59. The largest absolute Gasteiger partial charge is 0.490 e. The highest BCUT2D eigenvalue weighted by molar-refractivity contribution is 5.92. The van der Waals surface area contributed by atoms with Crippen molar-refractivity contribution < 1.29 is 42.2 Å². The second-order valence-electron chi connectivity index (χ2n) is 5.97. The first-order chi connectivity index (χ1) is 12.1. The summed E-state index contributed by atoms with van der Waals surface area (Å²) in [6.45, 7) is 1.32. The molecule has 2 atom stereocenters. The first-order valence-electron chi connectivity index (χ1n) is 7.70. The van der Waals surface area contributed by atoms with Gasteiger partial charge in [-0.05, 0) is 25.0 Å². The Kier molecular flexibility index (Phi) is 5.90. The van der Waals surface area contributed by atoms with Crippen LogP contribution in [0.2, 0.25) is 0 Å². The standard InChI is InChI=1S/C13H16N2O4.C2HF3O2/c16-12(17)8-14-6-9-3-4-10(7-14)15(9)13(18)11-2-1-5-19-11;3-2(4,5)1(6)7/h1-2,5,9-10H,3-4,6-8H2,(H,16,17);(H,6,7). The van der Waals surface area contributed by atoms with Crippen molar-refractivity contribution in [2.45, 2.75) is 31.1 Å². The fourth-order valence-electron chi connectivity index (χ4n) is 3.17. The van der Waals surface area contributed by atoms with Crippen LogP contribution >= 0.6 is 0 Å². The van der Waals surface area contributed by atoms with E-state index in [0.717, 1.165) is 12.8 Å². The van der Waals surface area contributed by atoms with Gasteiger partial charge >= 0.3 is 18.1 Å². The second-order valence-corrected chi connectivity index (χ2v) is 5.97. The zero-order chi connectivity index (χ0) is 19.5. The maximum Gasteiger partial charge on any atom is 0.490 e. The van der Waals surface area contributed by atoms with Crippen LogP contribution in [0.15, 0.2) is 22.8 Å². The average molecular weight is 378 g/mol. The van der Waals surface area contributed by atoms with Gasteiger partial charge in [0, 0.05) is 25.2 Å². The van der Waals surface area contributed by atoms with Gasteiger partial charge in [0.05, 0.1) is 12.8 Å². The van der Waals surface area contributed by atoms with E-state index in [2.05, 4.69) is 0 Å². The van der Waals surface area contributed by atoms with E-state index in [1.165, 1.54) is 6.26 Å².